The van der Waals surface area contributed by atoms with Gasteiger partial charge in [-0.25, -0.2) is 4.79 Å². The highest BCUT2D eigenvalue weighted by Gasteiger charge is 2.30. The maximum absolute atomic E-state index is 13.7. The van der Waals surface area contributed by atoms with Gasteiger partial charge in [-0.2, -0.15) is 0 Å². The molecule has 4 unspecified atom stereocenters. The van der Waals surface area contributed by atoms with Crippen molar-refractivity contribution in [2.75, 3.05) is 6.54 Å². The first-order valence-electron chi connectivity index (χ1n) is 14.8. The van der Waals surface area contributed by atoms with Crippen molar-refractivity contribution in [2.24, 2.45) is 22.2 Å². The number of phenols is 1. The van der Waals surface area contributed by atoms with Crippen LogP contribution in [0, 0.1) is 0 Å². The molecule has 13 heteroatoms. The first-order valence-corrected chi connectivity index (χ1v) is 14.8. The van der Waals surface area contributed by atoms with Gasteiger partial charge in [0.25, 0.3) is 0 Å². The van der Waals surface area contributed by atoms with Crippen molar-refractivity contribution in [3.05, 3.63) is 102 Å². The summed E-state index contributed by atoms with van der Waals surface area (Å²) in [6, 6.07) is 19.5. The molecule has 3 aromatic rings. The van der Waals surface area contributed by atoms with Crippen LogP contribution in [0.5, 0.6) is 5.75 Å². The fourth-order valence-electron chi connectivity index (χ4n) is 4.68. The van der Waals surface area contributed by atoms with Gasteiger partial charge in [-0.3, -0.25) is 19.4 Å². The quantitative estimate of drug-likeness (QED) is 0.0582. The number of guanidine groups is 1. The number of nitrogens with zero attached hydrogens (tertiary/aromatic N) is 1. The maximum Gasteiger partial charge on any atom is 0.326 e. The Balaban J connectivity index is 1.80. The molecule has 0 fully saturated rings. The monoisotopic (exact) mass is 631 g/mol. The number of nitrogens with two attached hydrogens (primary N) is 3. The van der Waals surface area contributed by atoms with Gasteiger partial charge in [0.15, 0.2) is 5.96 Å². The molecular weight excluding hydrogens is 590 g/mol. The van der Waals surface area contributed by atoms with Gasteiger partial charge >= 0.3 is 5.97 Å². The number of aliphatic carboxylic acids is 1. The van der Waals surface area contributed by atoms with Gasteiger partial charge < -0.3 is 43.4 Å². The van der Waals surface area contributed by atoms with Crippen LogP contribution in [0.3, 0.4) is 0 Å². The lowest BCUT2D eigenvalue weighted by molar-refractivity contribution is -0.142. The Morgan fingerprint density at radius 3 is 1.70 bits per heavy atom. The van der Waals surface area contributed by atoms with Gasteiger partial charge in [-0.1, -0.05) is 72.8 Å². The first-order chi connectivity index (χ1) is 22.0. The number of carbonyl (C=O) groups is 4. The summed E-state index contributed by atoms with van der Waals surface area (Å²) in [7, 11) is 0. The summed E-state index contributed by atoms with van der Waals surface area (Å²) < 4.78 is 0. The Labute approximate surface area is 267 Å². The van der Waals surface area contributed by atoms with E-state index in [0.29, 0.717) is 11.1 Å². The highest BCUT2D eigenvalue weighted by molar-refractivity contribution is 5.94. The smallest absolute Gasteiger partial charge is 0.326 e. The molecule has 0 aliphatic heterocycles. The summed E-state index contributed by atoms with van der Waals surface area (Å²) in [5, 5.41) is 27.4. The normalized spacial score (nSPS) is 13.3. The van der Waals surface area contributed by atoms with Crippen LogP contribution < -0.4 is 33.2 Å². The van der Waals surface area contributed by atoms with E-state index in [4.69, 9.17) is 17.2 Å². The van der Waals surface area contributed by atoms with Gasteiger partial charge in [0.2, 0.25) is 17.7 Å². The van der Waals surface area contributed by atoms with E-state index >= 15 is 0 Å². The van der Waals surface area contributed by atoms with Gasteiger partial charge in [0.05, 0.1) is 6.04 Å². The molecule has 3 rings (SSSR count). The minimum absolute atomic E-state index is 0.0179. The van der Waals surface area contributed by atoms with E-state index in [1.807, 2.05) is 30.3 Å². The van der Waals surface area contributed by atoms with E-state index in [9.17, 15) is 29.4 Å². The Morgan fingerprint density at radius 1 is 0.652 bits per heavy atom. The zero-order valence-corrected chi connectivity index (χ0v) is 25.3. The molecule has 0 saturated heterocycles. The lowest BCUT2D eigenvalue weighted by atomic mass is 10.0. The molecule has 244 valence electrons. The fourth-order valence-corrected chi connectivity index (χ4v) is 4.68. The molecule has 3 amide bonds. The van der Waals surface area contributed by atoms with E-state index in [1.54, 1.807) is 42.5 Å². The number of carboxylic acids is 1. The number of aromatic hydroxyl groups is 1. The van der Waals surface area contributed by atoms with Crippen LogP contribution in [0.4, 0.5) is 0 Å². The van der Waals surface area contributed by atoms with E-state index in [2.05, 4.69) is 20.9 Å². The van der Waals surface area contributed by atoms with Crippen LogP contribution in [0.15, 0.2) is 89.9 Å². The van der Waals surface area contributed by atoms with Crippen molar-refractivity contribution in [2.45, 2.75) is 56.3 Å². The van der Waals surface area contributed by atoms with Crippen molar-refractivity contribution in [1.82, 2.24) is 16.0 Å². The number of nitrogens with one attached hydrogen (secondary N) is 3. The van der Waals surface area contributed by atoms with E-state index in [-0.39, 0.29) is 50.4 Å². The minimum Gasteiger partial charge on any atom is -0.508 e. The van der Waals surface area contributed by atoms with Gasteiger partial charge in [0, 0.05) is 19.4 Å². The SMILES string of the molecule is NC(N)=NCCCC(NC(=O)C(Cc1ccc(O)cc1)NC(=O)C(N)Cc1ccccc1)C(=O)NC(Cc1ccccc1)C(=O)O. The van der Waals surface area contributed by atoms with Crippen LogP contribution in [0.2, 0.25) is 0 Å². The highest BCUT2D eigenvalue weighted by atomic mass is 16.4. The molecular formula is C33H41N7O6. The number of hydrogen-bond donors (Lipinski definition) is 8. The molecule has 0 aromatic heterocycles. The molecule has 13 nitrogen and oxygen atoms in total. The van der Waals surface area contributed by atoms with Crippen LogP contribution >= 0.6 is 0 Å². The summed E-state index contributed by atoms with van der Waals surface area (Å²) in [6.07, 6.45) is 0.622. The van der Waals surface area contributed by atoms with Gasteiger partial charge in [0.1, 0.15) is 23.9 Å². The molecule has 0 bridgehead atoms. The van der Waals surface area contributed by atoms with Crippen molar-refractivity contribution in [3.63, 3.8) is 0 Å². The number of rotatable bonds is 17. The third kappa shape index (κ3) is 11.9. The van der Waals surface area contributed by atoms with Gasteiger partial charge in [-0.15, -0.1) is 0 Å². The Bertz CT molecular complexity index is 1460. The van der Waals surface area contributed by atoms with E-state index in [0.717, 1.165) is 5.56 Å². The van der Waals surface area contributed by atoms with Crippen molar-refractivity contribution < 1.29 is 29.4 Å². The summed E-state index contributed by atoms with van der Waals surface area (Å²) in [6.45, 7) is 0.163. The molecule has 11 N–H and O–H groups in total. The minimum atomic E-state index is -1.27. The molecule has 0 heterocycles. The average molecular weight is 632 g/mol. The van der Waals surface area contributed by atoms with E-state index in [1.165, 1.54) is 12.1 Å². The third-order valence-electron chi connectivity index (χ3n) is 7.12. The second-order valence-corrected chi connectivity index (χ2v) is 10.8. The molecule has 46 heavy (non-hydrogen) atoms. The van der Waals surface area contributed by atoms with Crippen LogP contribution in [0.1, 0.15) is 29.5 Å². The second-order valence-electron chi connectivity index (χ2n) is 10.8. The molecule has 0 spiro atoms. The predicted octanol–water partition coefficient (Wildman–Crippen LogP) is 0.340. The molecule has 3 aromatic carbocycles. The number of hydrogen-bond acceptors (Lipinski definition) is 7. The number of carboxylic acid groups (broad SMARTS) is 1. The number of amides is 3. The van der Waals surface area contributed by atoms with Crippen LogP contribution in [0.25, 0.3) is 0 Å². The summed E-state index contributed by atoms with van der Waals surface area (Å²) in [4.78, 5) is 56.3. The first kappa shape index (κ1) is 35.1. The summed E-state index contributed by atoms with van der Waals surface area (Å²) in [5.41, 5.74) is 19.2. The Morgan fingerprint density at radius 2 is 1.13 bits per heavy atom. The number of phenolic OH excluding ortho intramolecular Hbond substituents is 1. The lowest BCUT2D eigenvalue weighted by Crippen LogP contribution is -2.58. The van der Waals surface area contributed by atoms with Crippen molar-refractivity contribution in [1.29, 1.82) is 0 Å². The Kier molecular flexibility index (Phi) is 13.5. The molecule has 4 atom stereocenters. The van der Waals surface area contributed by atoms with E-state index < -0.39 is 47.9 Å². The zero-order chi connectivity index (χ0) is 33.5. The zero-order valence-electron chi connectivity index (χ0n) is 25.3. The van der Waals surface area contributed by atoms with Crippen molar-refractivity contribution >= 4 is 29.7 Å². The second kappa shape index (κ2) is 17.8. The highest BCUT2D eigenvalue weighted by Crippen LogP contribution is 2.13. The molecule has 0 aliphatic carbocycles. The third-order valence-corrected chi connectivity index (χ3v) is 7.12. The average Bonchev–Trinajstić information content (AvgIpc) is 3.03. The molecule has 0 aliphatic rings. The lowest BCUT2D eigenvalue weighted by Gasteiger charge is -2.25. The van der Waals surface area contributed by atoms with Crippen LogP contribution in [-0.2, 0) is 38.4 Å². The number of aliphatic imine (C=N–C) groups is 1. The summed E-state index contributed by atoms with van der Waals surface area (Å²) in [5.74, 6) is -3.35. The standard InChI is InChI=1S/C33H41N7O6/c34-25(18-21-8-3-1-4-9-21)29(42)39-27(19-23-13-15-24(41)16-14-23)31(44)38-26(12-7-17-37-33(35)36)30(43)40-28(32(45)46)20-22-10-5-2-6-11-22/h1-6,8-11,13-16,25-28,41H,7,12,17-20,34H2,(H,38,44)(H,39,42)(H,40,43)(H,45,46)(H4,35,36,37). The predicted molar refractivity (Wildman–Crippen MR) is 173 cm³/mol. The van der Waals surface area contributed by atoms with Gasteiger partial charge in [-0.05, 0) is 48.1 Å². The van der Waals surface area contributed by atoms with Crippen LogP contribution in [-0.4, -0.2) is 70.6 Å². The Hall–Kier alpha value is -5.43. The molecule has 0 radical (unpaired) electrons. The summed E-state index contributed by atoms with van der Waals surface area (Å²) >= 11 is 0. The molecule has 0 saturated carbocycles. The van der Waals surface area contributed by atoms with Crippen molar-refractivity contribution in [3.8, 4) is 5.75 Å². The maximum atomic E-state index is 13.7. The topological polar surface area (TPSA) is 235 Å². The number of carbonyl (C=O) groups excluding carboxylic acids is 3. The largest absolute Gasteiger partial charge is 0.508 e. The number of benzene rings is 3. The fraction of sp³-hybridized carbons (Fsp3) is 0.303.